The zero-order valence-corrected chi connectivity index (χ0v) is 16.0. The number of H-pyrrole nitrogens is 1. The second kappa shape index (κ2) is 7.59. The van der Waals surface area contributed by atoms with Crippen LogP contribution in [0, 0.1) is 0 Å². The Bertz CT molecular complexity index is 1050. The summed E-state index contributed by atoms with van der Waals surface area (Å²) < 4.78 is 0. The summed E-state index contributed by atoms with van der Waals surface area (Å²) >= 11 is 0. The van der Waals surface area contributed by atoms with Crippen molar-refractivity contribution >= 4 is 23.3 Å². The van der Waals surface area contributed by atoms with Gasteiger partial charge < -0.3 is 10.3 Å². The van der Waals surface area contributed by atoms with Gasteiger partial charge in [-0.15, -0.1) is 12.4 Å². The van der Waals surface area contributed by atoms with E-state index in [1.54, 1.807) is 0 Å². The SMILES string of the molecule is Cl.c1ccc(-c2ccc(-c3cccc4[nH]c5c(c34)CCNCC5)cc2)cc1. The second-order valence-electron chi connectivity index (χ2n) is 7.00. The lowest BCUT2D eigenvalue weighted by Gasteiger charge is -2.08. The smallest absolute Gasteiger partial charge is 0.0465 e. The molecule has 0 aliphatic carbocycles. The molecule has 1 aliphatic heterocycles. The van der Waals surface area contributed by atoms with Gasteiger partial charge in [0.2, 0.25) is 0 Å². The van der Waals surface area contributed by atoms with Crippen molar-refractivity contribution in [1.29, 1.82) is 0 Å². The van der Waals surface area contributed by atoms with Crippen molar-refractivity contribution in [2.45, 2.75) is 12.8 Å². The van der Waals surface area contributed by atoms with Crippen molar-refractivity contribution in [3.8, 4) is 22.3 Å². The Morgan fingerprint density at radius 3 is 2.15 bits per heavy atom. The molecule has 0 unspecified atom stereocenters. The minimum atomic E-state index is 0. The summed E-state index contributed by atoms with van der Waals surface area (Å²) in [6, 6.07) is 26.2. The standard InChI is InChI=1S/C24H22N2.ClH/c1-2-5-17(6-3-1)18-9-11-19(12-10-18)20-7-4-8-23-24(20)21-13-15-25-16-14-22(21)26-23;/h1-12,25-26H,13-16H2;1H. The molecule has 5 rings (SSSR count). The first-order valence-electron chi connectivity index (χ1n) is 9.39. The average molecular weight is 375 g/mol. The van der Waals surface area contributed by atoms with Gasteiger partial charge in [0.25, 0.3) is 0 Å². The van der Waals surface area contributed by atoms with Crippen molar-refractivity contribution in [3.63, 3.8) is 0 Å². The topological polar surface area (TPSA) is 27.8 Å². The van der Waals surface area contributed by atoms with E-state index in [-0.39, 0.29) is 12.4 Å². The van der Waals surface area contributed by atoms with Gasteiger partial charge in [0, 0.05) is 29.6 Å². The molecule has 0 radical (unpaired) electrons. The molecule has 0 atom stereocenters. The van der Waals surface area contributed by atoms with Crippen molar-refractivity contribution in [2.75, 3.05) is 13.1 Å². The van der Waals surface area contributed by atoms with Crippen LogP contribution in [0.1, 0.15) is 11.3 Å². The van der Waals surface area contributed by atoms with Gasteiger partial charge in [-0.2, -0.15) is 0 Å². The highest BCUT2D eigenvalue weighted by Crippen LogP contribution is 2.35. The predicted octanol–water partition coefficient (Wildman–Crippen LogP) is 5.61. The molecule has 0 amide bonds. The number of aromatic amines is 1. The molecule has 2 N–H and O–H groups in total. The van der Waals surface area contributed by atoms with Gasteiger partial charge in [-0.25, -0.2) is 0 Å². The Morgan fingerprint density at radius 2 is 1.33 bits per heavy atom. The van der Waals surface area contributed by atoms with Crippen LogP contribution in [0.2, 0.25) is 0 Å². The lowest BCUT2D eigenvalue weighted by Crippen LogP contribution is -2.16. The highest BCUT2D eigenvalue weighted by Gasteiger charge is 2.17. The van der Waals surface area contributed by atoms with Crippen LogP contribution in [0.4, 0.5) is 0 Å². The Labute approximate surface area is 166 Å². The zero-order valence-electron chi connectivity index (χ0n) is 15.2. The summed E-state index contributed by atoms with van der Waals surface area (Å²) in [6.45, 7) is 2.11. The van der Waals surface area contributed by atoms with E-state index in [4.69, 9.17) is 0 Å². The molecular formula is C24H23ClN2. The second-order valence-corrected chi connectivity index (χ2v) is 7.00. The Kier molecular flexibility index (Phi) is 5.02. The highest BCUT2D eigenvalue weighted by molar-refractivity contribution is 5.98. The van der Waals surface area contributed by atoms with Crippen LogP contribution in [0.5, 0.6) is 0 Å². The number of fused-ring (bicyclic) bond motifs is 3. The molecule has 0 bridgehead atoms. The Morgan fingerprint density at radius 1 is 0.630 bits per heavy atom. The molecule has 0 saturated carbocycles. The fraction of sp³-hybridized carbons (Fsp3) is 0.167. The fourth-order valence-corrected chi connectivity index (χ4v) is 4.12. The summed E-state index contributed by atoms with van der Waals surface area (Å²) in [7, 11) is 0. The first-order chi connectivity index (χ1) is 12.9. The number of aromatic nitrogens is 1. The molecule has 4 aromatic rings. The quantitative estimate of drug-likeness (QED) is 0.468. The van der Waals surface area contributed by atoms with Gasteiger partial charge in [0.1, 0.15) is 0 Å². The summed E-state index contributed by atoms with van der Waals surface area (Å²) in [5.74, 6) is 0. The molecule has 136 valence electrons. The van der Waals surface area contributed by atoms with Gasteiger partial charge in [-0.3, -0.25) is 0 Å². The largest absolute Gasteiger partial charge is 0.358 e. The summed E-state index contributed by atoms with van der Waals surface area (Å²) in [4.78, 5) is 3.66. The number of benzene rings is 3. The molecule has 1 aromatic heterocycles. The zero-order chi connectivity index (χ0) is 17.3. The average Bonchev–Trinajstić information content (AvgIpc) is 2.90. The molecule has 1 aliphatic rings. The van der Waals surface area contributed by atoms with E-state index >= 15 is 0 Å². The molecule has 3 heteroatoms. The van der Waals surface area contributed by atoms with Crippen molar-refractivity contribution in [3.05, 3.63) is 84.1 Å². The van der Waals surface area contributed by atoms with Gasteiger partial charge >= 0.3 is 0 Å². The number of halogens is 1. The molecule has 0 fully saturated rings. The van der Waals surface area contributed by atoms with Crippen LogP contribution in [0.25, 0.3) is 33.2 Å². The fourth-order valence-electron chi connectivity index (χ4n) is 4.12. The molecule has 2 heterocycles. The van der Waals surface area contributed by atoms with E-state index in [9.17, 15) is 0 Å². The third-order valence-corrected chi connectivity index (χ3v) is 5.42. The lowest BCUT2D eigenvalue weighted by atomic mass is 9.95. The summed E-state index contributed by atoms with van der Waals surface area (Å²) in [5.41, 5.74) is 9.31. The third-order valence-electron chi connectivity index (χ3n) is 5.42. The monoisotopic (exact) mass is 374 g/mol. The molecule has 27 heavy (non-hydrogen) atoms. The van der Waals surface area contributed by atoms with E-state index in [2.05, 4.69) is 83.1 Å². The van der Waals surface area contributed by atoms with Crippen molar-refractivity contribution in [1.82, 2.24) is 10.3 Å². The van der Waals surface area contributed by atoms with Crippen LogP contribution in [0.15, 0.2) is 72.8 Å². The van der Waals surface area contributed by atoms with Crippen LogP contribution in [-0.4, -0.2) is 18.1 Å². The normalized spacial score (nSPS) is 13.6. The first kappa shape index (κ1) is 17.8. The first-order valence-corrected chi connectivity index (χ1v) is 9.39. The van der Waals surface area contributed by atoms with Gasteiger partial charge in [-0.1, -0.05) is 66.7 Å². The van der Waals surface area contributed by atoms with Gasteiger partial charge in [0.05, 0.1) is 0 Å². The lowest BCUT2D eigenvalue weighted by molar-refractivity contribution is 0.708. The predicted molar refractivity (Wildman–Crippen MR) is 117 cm³/mol. The molecule has 0 spiro atoms. The van der Waals surface area contributed by atoms with Crippen LogP contribution in [-0.2, 0) is 12.8 Å². The third kappa shape index (κ3) is 3.27. The van der Waals surface area contributed by atoms with E-state index in [0.29, 0.717) is 0 Å². The van der Waals surface area contributed by atoms with E-state index in [1.807, 2.05) is 0 Å². The summed E-state index contributed by atoms with van der Waals surface area (Å²) in [5, 5.41) is 4.91. The summed E-state index contributed by atoms with van der Waals surface area (Å²) in [6.07, 6.45) is 2.17. The minimum absolute atomic E-state index is 0. The maximum absolute atomic E-state index is 3.66. The van der Waals surface area contributed by atoms with Crippen molar-refractivity contribution < 1.29 is 0 Å². The number of rotatable bonds is 2. The van der Waals surface area contributed by atoms with Crippen LogP contribution < -0.4 is 5.32 Å². The van der Waals surface area contributed by atoms with Crippen LogP contribution >= 0.6 is 12.4 Å². The maximum atomic E-state index is 3.66. The maximum Gasteiger partial charge on any atom is 0.0465 e. The van der Waals surface area contributed by atoms with Gasteiger partial charge in [-0.05, 0) is 46.8 Å². The molecular weight excluding hydrogens is 352 g/mol. The van der Waals surface area contributed by atoms with Crippen LogP contribution in [0.3, 0.4) is 0 Å². The van der Waals surface area contributed by atoms with E-state index < -0.39 is 0 Å². The van der Waals surface area contributed by atoms with Gasteiger partial charge in [0.15, 0.2) is 0 Å². The number of hydrogen-bond donors (Lipinski definition) is 2. The van der Waals surface area contributed by atoms with E-state index in [0.717, 1.165) is 25.9 Å². The minimum Gasteiger partial charge on any atom is -0.358 e. The number of hydrogen-bond acceptors (Lipinski definition) is 1. The number of nitrogens with one attached hydrogen (secondary N) is 2. The molecule has 2 nitrogen and oxygen atoms in total. The molecule has 3 aromatic carbocycles. The Hall–Kier alpha value is -2.55. The molecule has 0 saturated heterocycles. The Balaban J connectivity index is 0.00000180. The highest BCUT2D eigenvalue weighted by atomic mass is 35.5. The van der Waals surface area contributed by atoms with E-state index in [1.165, 1.54) is 44.4 Å². The van der Waals surface area contributed by atoms with Crippen molar-refractivity contribution in [2.24, 2.45) is 0 Å².